The molecule has 1 fully saturated rings. The van der Waals surface area contributed by atoms with Gasteiger partial charge in [0.05, 0.1) is 0 Å². The standard InChI is InChI=1S/C23H24FN3O2/c24-17-11-9-15(10-12-17)22(28)27-21(23(29)26-18-5-1-2-6-18)13-16-14-25-20-8-4-3-7-19(16)20/h3-4,7-12,14,18,21,25H,1-2,5-6,13H2,(H,26,29)(H,27,28)/t21-/m1/s1. The molecule has 1 atom stereocenters. The predicted octanol–water partition coefficient (Wildman–Crippen LogP) is 3.71. The van der Waals surface area contributed by atoms with E-state index >= 15 is 0 Å². The normalized spacial score (nSPS) is 15.3. The minimum atomic E-state index is -0.715. The van der Waals surface area contributed by atoms with E-state index in [1.807, 2.05) is 30.5 Å². The number of hydrogen-bond donors (Lipinski definition) is 3. The van der Waals surface area contributed by atoms with E-state index in [9.17, 15) is 14.0 Å². The van der Waals surface area contributed by atoms with Crippen LogP contribution in [0.25, 0.3) is 10.9 Å². The largest absolute Gasteiger partial charge is 0.361 e. The van der Waals surface area contributed by atoms with Crippen LogP contribution in [-0.4, -0.2) is 28.9 Å². The van der Waals surface area contributed by atoms with Crippen LogP contribution in [0.5, 0.6) is 0 Å². The maximum Gasteiger partial charge on any atom is 0.251 e. The second-order valence-corrected chi connectivity index (χ2v) is 7.59. The van der Waals surface area contributed by atoms with Crippen LogP contribution in [0.4, 0.5) is 4.39 Å². The first-order valence-corrected chi connectivity index (χ1v) is 10.0. The minimum Gasteiger partial charge on any atom is -0.361 e. The maximum atomic E-state index is 13.2. The van der Waals surface area contributed by atoms with Crippen molar-refractivity contribution in [2.45, 2.75) is 44.2 Å². The summed E-state index contributed by atoms with van der Waals surface area (Å²) in [5, 5.41) is 6.95. The molecule has 2 amide bonds. The number of hydrogen-bond acceptors (Lipinski definition) is 2. The Morgan fingerprint density at radius 3 is 2.55 bits per heavy atom. The third kappa shape index (κ3) is 4.47. The quantitative estimate of drug-likeness (QED) is 0.597. The molecule has 4 rings (SSSR count). The Morgan fingerprint density at radius 2 is 1.79 bits per heavy atom. The molecule has 6 heteroatoms. The Bertz CT molecular complexity index is 1010. The first-order chi connectivity index (χ1) is 14.1. The third-order valence-electron chi connectivity index (χ3n) is 5.53. The molecule has 29 heavy (non-hydrogen) atoms. The summed E-state index contributed by atoms with van der Waals surface area (Å²) in [7, 11) is 0. The van der Waals surface area contributed by atoms with E-state index in [0.717, 1.165) is 42.1 Å². The van der Waals surface area contributed by atoms with E-state index in [-0.39, 0.29) is 11.9 Å². The van der Waals surface area contributed by atoms with Crippen LogP contribution in [-0.2, 0) is 11.2 Å². The van der Waals surface area contributed by atoms with Crippen molar-refractivity contribution in [2.75, 3.05) is 0 Å². The van der Waals surface area contributed by atoms with Gasteiger partial charge in [0.15, 0.2) is 0 Å². The molecular weight excluding hydrogens is 369 g/mol. The van der Waals surface area contributed by atoms with Crippen molar-refractivity contribution in [1.82, 2.24) is 15.6 Å². The Balaban J connectivity index is 1.55. The summed E-state index contributed by atoms with van der Waals surface area (Å²) < 4.78 is 13.2. The van der Waals surface area contributed by atoms with Gasteiger partial charge in [0.1, 0.15) is 11.9 Å². The van der Waals surface area contributed by atoms with Gasteiger partial charge >= 0.3 is 0 Å². The van der Waals surface area contributed by atoms with Crippen LogP contribution < -0.4 is 10.6 Å². The Hall–Kier alpha value is -3.15. The number of aromatic amines is 1. The lowest BCUT2D eigenvalue weighted by Crippen LogP contribution is -2.50. The number of para-hydroxylation sites is 1. The number of amides is 2. The fourth-order valence-electron chi connectivity index (χ4n) is 3.94. The van der Waals surface area contributed by atoms with E-state index in [4.69, 9.17) is 0 Å². The number of halogens is 1. The number of nitrogens with one attached hydrogen (secondary N) is 3. The molecule has 3 aromatic rings. The Labute approximate surface area is 168 Å². The van der Waals surface area contributed by atoms with Gasteiger partial charge in [0.2, 0.25) is 5.91 Å². The average Bonchev–Trinajstić information content (AvgIpc) is 3.38. The Morgan fingerprint density at radius 1 is 1.07 bits per heavy atom. The molecule has 2 aromatic carbocycles. The Kier molecular flexibility index (Phi) is 5.60. The van der Waals surface area contributed by atoms with Gasteiger partial charge in [-0.2, -0.15) is 0 Å². The SMILES string of the molecule is O=C(N[C@H](Cc1c[nH]c2ccccc12)C(=O)NC1CCCC1)c1ccc(F)cc1. The van der Waals surface area contributed by atoms with Gasteiger partial charge in [-0.1, -0.05) is 31.0 Å². The summed E-state index contributed by atoms with van der Waals surface area (Å²) in [6.45, 7) is 0. The lowest BCUT2D eigenvalue weighted by molar-refractivity contribution is -0.123. The molecule has 1 heterocycles. The maximum absolute atomic E-state index is 13.2. The van der Waals surface area contributed by atoms with Gasteiger partial charge in [-0.15, -0.1) is 0 Å². The summed E-state index contributed by atoms with van der Waals surface area (Å²) in [6, 6.07) is 12.6. The van der Waals surface area contributed by atoms with Gasteiger partial charge in [0.25, 0.3) is 5.91 Å². The molecular formula is C23H24FN3O2. The van der Waals surface area contributed by atoms with E-state index in [0.29, 0.717) is 12.0 Å². The minimum absolute atomic E-state index is 0.163. The predicted molar refractivity (Wildman–Crippen MR) is 110 cm³/mol. The van der Waals surface area contributed by atoms with Gasteiger partial charge in [0, 0.05) is 35.1 Å². The van der Waals surface area contributed by atoms with E-state index < -0.39 is 17.8 Å². The lowest BCUT2D eigenvalue weighted by Gasteiger charge is -2.21. The molecule has 1 aromatic heterocycles. The zero-order valence-electron chi connectivity index (χ0n) is 16.1. The van der Waals surface area contributed by atoms with E-state index in [2.05, 4.69) is 15.6 Å². The fourth-order valence-corrected chi connectivity index (χ4v) is 3.94. The molecule has 3 N–H and O–H groups in total. The van der Waals surface area contributed by atoms with E-state index in [1.165, 1.54) is 24.3 Å². The van der Waals surface area contributed by atoms with Crippen LogP contribution in [0, 0.1) is 5.82 Å². The van der Waals surface area contributed by atoms with Gasteiger partial charge in [-0.25, -0.2) is 4.39 Å². The van der Waals surface area contributed by atoms with Gasteiger partial charge in [-0.3, -0.25) is 9.59 Å². The van der Waals surface area contributed by atoms with Gasteiger partial charge < -0.3 is 15.6 Å². The average molecular weight is 393 g/mol. The van der Waals surface area contributed by atoms with Crippen molar-refractivity contribution in [2.24, 2.45) is 0 Å². The van der Waals surface area contributed by atoms with Crippen LogP contribution in [0.3, 0.4) is 0 Å². The molecule has 0 unspecified atom stereocenters. The zero-order chi connectivity index (χ0) is 20.2. The van der Waals surface area contributed by atoms with Crippen LogP contribution in [0.15, 0.2) is 54.7 Å². The second kappa shape index (κ2) is 8.47. The lowest BCUT2D eigenvalue weighted by atomic mass is 10.0. The highest BCUT2D eigenvalue weighted by atomic mass is 19.1. The number of carbonyl (C=O) groups is 2. The molecule has 0 bridgehead atoms. The van der Waals surface area contributed by atoms with Gasteiger partial charge in [-0.05, 0) is 48.7 Å². The molecule has 150 valence electrons. The number of H-pyrrole nitrogens is 1. The van der Waals surface area contributed by atoms with Crippen molar-refractivity contribution >= 4 is 22.7 Å². The van der Waals surface area contributed by atoms with E-state index in [1.54, 1.807) is 0 Å². The molecule has 0 saturated heterocycles. The highest BCUT2D eigenvalue weighted by Crippen LogP contribution is 2.21. The van der Waals surface area contributed by atoms with Crippen molar-refractivity contribution in [3.05, 3.63) is 71.7 Å². The molecule has 1 aliphatic rings. The van der Waals surface area contributed by atoms with Crippen molar-refractivity contribution < 1.29 is 14.0 Å². The third-order valence-corrected chi connectivity index (χ3v) is 5.53. The molecule has 0 aliphatic heterocycles. The summed E-state index contributed by atoms with van der Waals surface area (Å²) >= 11 is 0. The topological polar surface area (TPSA) is 74.0 Å². The zero-order valence-corrected chi connectivity index (χ0v) is 16.1. The second-order valence-electron chi connectivity index (χ2n) is 7.59. The van der Waals surface area contributed by atoms with Crippen molar-refractivity contribution in [1.29, 1.82) is 0 Å². The van der Waals surface area contributed by atoms with Crippen molar-refractivity contribution in [3.63, 3.8) is 0 Å². The summed E-state index contributed by atoms with van der Waals surface area (Å²) in [6.07, 6.45) is 6.41. The first kappa shape index (κ1) is 19.2. The number of fused-ring (bicyclic) bond motifs is 1. The summed E-state index contributed by atoms with van der Waals surface area (Å²) in [5.41, 5.74) is 2.28. The number of carbonyl (C=O) groups excluding carboxylic acids is 2. The summed E-state index contributed by atoms with van der Waals surface area (Å²) in [4.78, 5) is 28.9. The first-order valence-electron chi connectivity index (χ1n) is 10.0. The molecule has 0 radical (unpaired) electrons. The van der Waals surface area contributed by atoms with Crippen LogP contribution >= 0.6 is 0 Å². The summed E-state index contributed by atoms with van der Waals surface area (Å²) in [5.74, 6) is -0.982. The molecule has 1 saturated carbocycles. The number of rotatable bonds is 6. The molecule has 0 spiro atoms. The number of aromatic nitrogens is 1. The van der Waals surface area contributed by atoms with Crippen LogP contribution in [0.1, 0.15) is 41.6 Å². The number of benzene rings is 2. The highest BCUT2D eigenvalue weighted by molar-refractivity contribution is 5.98. The van der Waals surface area contributed by atoms with Crippen LogP contribution in [0.2, 0.25) is 0 Å². The smallest absolute Gasteiger partial charge is 0.251 e. The monoisotopic (exact) mass is 393 g/mol. The molecule has 1 aliphatic carbocycles. The molecule has 5 nitrogen and oxygen atoms in total. The fraction of sp³-hybridized carbons (Fsp3) is 0.304. The van der Waals surface area contributed by atoms with Crippen molar-refractivity contribution in [3.8, 4) is 0 Å². The highest BCUT2D eigenvalue weighted by Gasteiger charge is 2.26.